The number of rotatable bonds is 5. The van der Waals surface area contributed by atoms with Gasteiger partial charge in [0.25, 0.3) is 14.1 Å². The van der Waals surface area contributed by atoms with E-state index >= 15 is 0 Å². The molecule has 4 heteroatoms. The summed E-state index contributed by atoms with van der Waals surface area (Å²) in [5.74, 6) is 4.82. The monoisotopic (exact) mass is 236 g/mol. The summed E-state index contributed by atoms with van der Waals surface area (Å²) in [7, 11) is 8.43. The predicted octanol–water partition coefficient (Wildman–Crippen LogP) is -0.256. The minimum Gasteiger partial charge on any atom is -0.462 e. The van der Waals surface area contributed by atoms with Gasteiger partial charge >= 0.3 is 18.9 Å². The van der Waals surface area contributed by atoms with Crippen molar-refractivity contribution in [1.82, 2.24) is 9.80 Å². The van der Waals surface area contributed by atoms with Crippen LogP contribution in [0.5, 0.6) is 0 Å². The summed E-state index contributed by atoms with van der Waals surface area (Å²) in [4.78, 5) is 5.31. The molecule has 0 heterocycles. The van der Waals surface area contributed by atoms with Crippen molar-refractivity contribution in [2.75, 3.05) is 28.2 Å². The molecule has 1 atom stereocenters. The van der Waals surface area contributed by atoms with Crippen LogP contribution in [0.15, 0.2) is 0 Å². The predicted molar refractivity (Wildman–Crippen MR) is 73.5 cm³/mol. The zero-order valence-electron chi connectivity index (χ0n) is 13.0. The fourth-order valence-electron chi connectivity index (χ4n) is 1.80. The molecule has 0 aliphatic rings. The first-order valence-electron chi connectivity index (χ1n) is 6.02. The normalized spacial score (nSPS) is 11.6. The minimum atomic E-state index is -0.417. The smallest absolute Gasteiger partial charge is 0.462 e. The van der Waals surface area contributed by atoms with E-state index in [0.717, 1.165) is 11.3 Å². The molecule has 0 radical (unpaired) electrons. The van der Waals surface area contributed by atoms with E-state index in [0.29, 0.717) is 0 Å². The molecule has 0 aliphatic carbocycles. The molecule has 2 nitrogen and oxygen atoms in total. The first-order valence-corrected chi connectivity index (χ1v) is 9.00. The molecule has 0 saturated carbocycles. The fraction of sp³-hybridized carbons (Fsp3) is 0.917. The van der Waals surface area contributed by atoms with E-state index in [9.17, 15) is 0 Å². The van der Waals surface area contributed by atoms with Gasteiger partial charge < -0.3 is 9.80 Å². The van der Waals surface area contributed by atoms with Gasteiger partial charge in [0.2, 0.25) is 0 Å². The Morgan fingerprint density at radius 1 is 1.06 bits per heavy atom. The molecule has 0 fully saturated rings. The molecule has 0 saturated heterocycles. The van der Waals surface area contributed by atoms with Crippen LogP contribution in [0.25, 0.3) is 0 Å². The van der Waals surface area contributed by atoms with Crippen LogP contribution in [0, 0.1) is 6.54 Å². The Labute approximate surface area is 120 Å². The van der Waals surface area contributed by atoms with Crippen LogP contribution >= 0.6 is 0 Å². The maximum Gasteiger partial charge on any atom is 1.00 e. The van der Waals surface area contributed by atoms with Crippen LogP contribution in [0.4, 0.5) is 0 Å². The van der Waals surface area contributed by atoms with E-state index in [-0.39, 0.29) is 18.9 Å². The van der Waals surface area contributed by atoms with Gasteiger partial charge in [0.15, 0.2) is 0 Å². The third-order valence-electron chi connectivity index (χ3n) is 2.40. The zero-order chi connectivity index (χ0) is 12.4. The summed E-state index contributed by atoms with van der Waals surface area (Å²) in [6.07, 6.45) is 2.45. The van der Waals surface area contributed by atoms with Crippen molar-refractivity contribution in [3.8, 4) is 0 Å². The molecule has 92 valence electrons. The molecular weight excluding hydrogens is 206 g/mol. The molecule has 0 aromatic heterocycles. The minimum absolute atomic E-state index is 0. The van der Waals surface area contributed by atoms with Gasteiger partial charge in [-0.1, -0.05) is 20.3 Å². The van der Waals surface area contributed by atoms with Gasteiger partial charge in [0, 0.05) is 0 Å². The first kappa shape index (κ1) is 22.2. The quantitative estimate of drug-likeness (QED) is 0.479. The van der Waals surface area contributed by atoms with Gasteiger partial charge in [-0.05, 0) is 33.1 Å². The largest absolute Gasteiger partial charge is 1.00 e. The van der Waals surface area contributed by atoms with Gasteiger partial charge in [-0.15, -0.1) is 11.6 Å². The number of hydrogen-bond donors (Lipinski definition) is 0. The second-order valence-electron chi connectivity index (χ2n) is 4.74. The van der Waals surface area contributed by atoms with Crippen LogP contribution in [0.2, 0.25) is 11.6 Å². The van der Waals surface area contributed by atoms with Gasteiger partial charge in [-0.2, -0.15) is 6.42 Å². The third kappa shape index (κ3) is 15.0. The second-order valence-corrected chi connectivity index (χ2v) is 8.00. The Kier molecular flexibility index (Phi) is 19.6. The molecule has 0 aromatic carbocycles. The second kappa shape index (κ2) is 14.1. The van der Waals surface area contributed by atoms with Gasteiger partial charge in [0.1, 0.15) is 0 Å². The number of nitrogens with zero attached hydrogens (tertiary/aromatic N) is 2. The van der Waals surface area contributed by atoms with Crippen molar-refractivity contribution in [2.45, 2.75) is 43.2 Å². The molecule has 0 spiro atoms. The van der Waals surface area contributed by atoms with Gasteiger partial charge in [-0.25, -0.2) is 0 Å². The Hall–Kier alpha value is 1.05. The van der Waals surface area contributed by atoms with Crippen LogP contribution in [-0.4, -0.2) is 57.0 Å². The van der Waals surface area contributed by atoms with Crippen LogP contribution in [0.1, 0.15) is 26.7 Å². The molecular formula is C12H30AlLiN2. The summed E-state index contributed by atoms with van der Waals surface area (Å²) in [6.45, 7) is 6.53. The topological polar surface area (TPSA) is 6.48 Å². The molecule has 1 unspecified atom stereocenters. The van der Waals surface area contributed by atoms with Gasteiger partial charge in [-0.3, -0.25) is 6.54 Å². The standard InChI is InChI=1S/2C5H12N.2CH3.Al.Li/c2*1-4-5-6(2)3;;;;/h2*5H,4H2,1-3H3;2*1H3;;/q;-1;;;;+1. The van der Waals surface area contributed by atoms with Crippen molar-refractivity contribution >= 4 is 14.1 Å². The van der Waals surface area contributed by atoms with E-state index in [1.807, 2.05) is 14.1 Å². The molecule has 0 rings (SSSR count). The third-order valence-corrected chi connectivity index (χ3v) is 5.01. The maximum absolute atomic E-state index is 2.41. The summed E-state index contributed by atoms with van der Waals surface area (Å²) >= 11 is -0.417. The molecule has 0 aromatic rings. The average molecular weight is 236 g/mol. The first-order chi connectivity index (χ1) is 6.86. The van der Waals surface area contributed by atoms with Crippen molar-refractivity contribution in [2.24, 2.45) is 0 Å². The molecule has 0 aliphatic heterocycles. The maximum atomic E-state index is 2.41. The molecule has 16 heavy (non-hydrogen) atoms. The van der Waals surface area contributed by atoms with E-state index in [1.54, 1.807) is 0 Å². The van der Waals surface area contributed by atoms with Crippen LogP contribution in [-0.2, 0) is 0 Å². The fourth-order valence-corrected chi connectivity index (χ4v) is 3.93. The average Bonchev–Trinajstić information content (AvgIpc) is 2.03. The van der Waals surface area contributed by atoms with Crippen molar-refractivity contribution in [1.29, 1.82) is 0 Å². The Balaban J connectivity index is -0.000000214. The Morgan fingerprint density at radius 2 is 1.50 bits per heavy atom. The van der Waals surface area contributed by atoms with Crippen molar-refractivity contribution < 1.29 is 18.9 Å². The molecule has 0 N–H and O–H groups in total. The van der Waals surface area contributed by atoms with E-state index in [4.69, 9.17) is 0 Å². The number of hydrogen-bond acceptors (Lipinski definition) is 2. The summed E-state index contributed by atoms with van der Waals surface area (Å²) < 4.78 is 0. The Bertz CT molecular complexity index is 122. The van der Waals surface area contributed by atoms with Gasteiger partial charge in [0.05, 0.1) is 0 Å². The SMILES string of the molecule is CC[CH-]N(C)C.CC[CH](N(C)C)[Al]([CH3])[CH3].[Li+]. The van der Waals surface area contributed by atoms with Crippen molar-refractivity contribution in [3.05, 3.63) is 6.54 Å². The zero-order valence-corrected chi connectivity index (χ0v) is 14.2. The summed E-state index contributed by atoms with van der Waals surface area (Å²) in [6, 6.07) is 0. The van der Waals surface area contributed by atoms with Crippen molar-refractivity contribution in [3.63, 3.8) is 0 Å². The summed E-state index contributed by atoms with van der Waals surface area (Å²) in [5.41, 5.74) is 0. The van der Waals surface area contributed by atoms with E-state index in [2.05, 4.69) is 55.9 Å². The van der Waals surface area contributed by atoms with Crippen LogP contribution in [0.3, 0.4) is 0 Å². The van der Waals surface area contributed by atoms with Crippen LogP contribution < -0.4 is 18.9 Å². The summed E-state index contributed by atoms with van der Waals surface area (Å²) in [5, 5.41) is 0. The molecule has 0 amide bonds. The van der Waals surface area contributed by atoms with E-state index < -0.39 is 14.1 Å². The molecule has 0 bridgehead atoms. The Morgan fingerprint density at radius 3 is 1.50 bits per heavy atom. The van der Waals surface area contributed by atoms with E-state index in [1.165, 1.54) is 6.42 Å².